The molecule has 12 nitrogen and oxygen atoms in total. The topological polar surface area (TPSA) is 168 Å². The Balaban J connectivity index is 0.000000139. The van der Waals surface area contributed by atoms with Crippen molar-refractivity contribution in [1.82, 2.24) is 30.4 Å². The highest BCUT2D eigenvalue weighted by molar-refractivity contribution is 6.28. The molecule has 0 amide bonds. The van der Waals surface area contributed by atoms with Gasteiger partial charge in [-0.3, -0.25) is 5.32 Å². The molecule has 35 heavy (non-hydrogen) atoms. The van der Waals surface area contributed by atoms with E-state index in [0.717, 1.165) is 0 Å². The van der Waals surface area contributed by atoms with Crippen LogP contribution in [0.5, 0.6) is 0 Å². The zero-order valence-corrected chi connectivity index (χ0v) is 18.7. The third kappa shape index (κ3) is 5.86. The van der Waals surface area contributed by atoms with E-state index in [-0.39, 0.29) is 35.0 Å². The van der Waals surface area contributed by atoms with Gasteiger partial charge in [0.15, 0.2) is 11.2 Å². The zero-order valence-electron chi connectivity index (χ0n) is 18.0. The largest absolute Gasteiger partial charge is 0.428 e. The van der Waals surface area contributed by atoms with Gasteiger partial charge in [-0.2, -0.15) is 9.97 Å². The Morgan fingerprint density at radius 3 is 1.94 bits per heavy atom. The lowest BCUT2D eigenvalue weighted by atomic mass is 10.2. The Labute approximate surface area is 199 Å². The van der Waals surface area contributed by atoms with Crippen LogP contribution >= 0.6 is 11.6 Å². The Morgan fingerprint density at radius 2 is 1.40 bits per heavy atom. The lowest BCUT2D eigenvalue weighted by Gasteiger charge is -1.92. The number of oxazole rings is 2. The molecule has 0 radical (unpaired) electrons. The van der Waals surface area contributed by atoms with Gasteiger partial charge in [-0.15, -0.1) is 10.2 Å². The van der Waals surface area contributed by atoms with Crippen LogP contribution in [0.4, 0.5) is 26.8 Å². The summed E-state index contributed by atoms with van der Waals surface area (Å²) in [6.45, 7) is 3.31. The highest BCUT2D eigenvalue weighted by Crippen LogP contribution is 2.24. The molecule has 4 heterocycles. The maximum Gasteiger partial charge on any atom is 0.323 e. The van der Waals surface area contributed by atoms with Crippen molar-refractivity contribution in [2.45, 2.75) is 13.8 Å². The number of fused-ring (bicyclic) bond motifs is 2. The summed E-state index contributed by atoms with van der Waals surface area (Å²) in [4.78, 5) is 7.82. The molecule has 0 saturated heterocycles. The fourth-order valence-electron chi connectivity index (χ4n) is 2.63. The number of nitrogen functional groups attached to an aromatic ring is 1. The second kappa shape index (κ2) is 10.1. The number of nitrogens with two attached hydrogens (primary N) is 1. The average molecular weight is 505 g/mol. The summed E-state index contributed by atoms with van der Waals surface area (Å²) in [6.07, 6.45) is 2.35. The van der Waals surface area contributed by atoms with E-state index >= 15 is 0 Å². The van der Waals surface area contributed by atoms with Crippen LogP contribution in [0.2, 0.25) is 5.35 Å². The van der Waals surface area contributed by atoms with Crippen LogP contribution in [0.1, 0.15) is 11.1 Å². The van der Waals surface area contributed by atoms with Crippen LogP contribution in [0.3, 0.4) is 0 Å². The summed E-state index contributed by atoms with van der Waals surface area (Å²) < 4.78 is 45.8. The van der Waals surface area contributed by atoms with Crippen LogP contribution in [0, 0.1) is 25.5 Å². The molecular weight excluding hydrogens is 490 g/mol. The Kier molecular flexibility index (Phi) is 6.82. The molecule has 4 aromatic heterocycles. The molecule has 0 saturated carbocycles. The molecule has 180 valence electrons. The Bertz CT molecular complexity index is 1470. The number of anilines is 3. The van der Waals surface area contributed by atoms with Gasteiger partial charge in [0.2, 0.25) is 12.8 Å². The van der Waals surface area contributed by atoms with Crippen LogP contribution in [-0.4, -0.2) is 30.4 Å². The SMILES string of the molecule is Cc1cc2oc(Cl)nc2cc1F.Cc1cc2oc(Nc3nnco3)nc2cc1F.Nc1nnco1. The van der Waals surface area contributed by atoms with E-state index in [1.807, 2.05) is 0 Å². The zero-order chi connectivity index (χ0) is 24.9. The van der Waals surface area contributed by atoms with Gasteiger partial charge in [-0.25, -0.2) is 8.78 Å². The van der Waals surface area contributed by atoms with E-state index in [9.17, 15) is 8.78 Å². The number of nitrogens with one attached hydrogen (secondary N) is 1. The molecule has 3 N–H and O–H groups in total. The van der Waals surface area contributed by atoms with Crippen LogP contribution < -0.4 is 11.1 Å². The van der Waals surface area contributed by atoms with E-state index in [1.165, 1.54) is 24.9 Å². The van der Waals surface area contributed by atoms with Gasteiger partial charge in [0.05, 0.1) is 0 Å². The molecule has 0 fully saturated rings. The fraction of sp³-hybridized carbons (Fsp3) is 0.100. The lowest BCUT2D eigenvalue weighted by Crippen LogP contribution is -1.89. The molecule has 0 aliphatic carbocycles. The van der Waals surface area contributed by atoms with Crippen molar-refractivity contribution in [2.75, 3.05) is 11.1 Å². The molecule has 2 aromatic carbocycles. The summed E-state index contributed by atoms with van der Waals surface area (Å²) in [7, 11) is 0. The van der Waals surface area contributed by atoms with Gasteiger partial charge in [0.25, 0.3) is 5.35 Å². The smallest absolute Gasteiger partial charge is 0.323 e. The second-order valence-electron chi connectivity index (χ2n) is 6.77. The van der Waals surface area contributed by atoms with Gasteiger partial charge in [0.1, 0.15) is 22.7 Å². The van der Waals surface area contributed by atoms with E-state index in [1.54, 1.807) is 26.0 Å². The number of aryl methyl sites for hydroxylation is 2. The standard InChI is InChI=1S/C10H7FN4O2.C8H5ClFNO.C2H3N3O/c1-5-2-8-7(3-6(5)11)13-9(17-8)14-10-15-12-4-16-10;1-4-2-7-6(3-5(4)10)11-8(9)12-7;3-2-5-4-1-6-2/h2-4H,1H3,(H,13,14,15);2-3H,1H3;1H,(H2,3,5). The minimum Gasteiger partial charge on any atom is -0.428 e. The quantitative estimate of drug-likeness (QED) is 0.324. The molecule has 0 aliphatic rings. The van der Waals surface area contributed by atoms with Gasteiger partial charge in [0, 0.05) is 12.1 Å². The first kappa shape index (κ1) is 23.6. The van der Waals surface area contributed by atoms with Gasteiger partial charge in [-0.05, 0) is 48.7 Å². The fourth-order valence-corrected chi connectivity index (χ4v) is 2.80. The van der Waals surface area contributed by atoms with E-state index < -0.39 is 0 Å². The number of halogens is 3. The van der Waals surface area contributed by atoms with Crippen LogP contribution in [0.25, 0.3) is 22.2 Å². The number of aromatic nitrogens is 6. The predicted molar refractivity (Wildman–Crippen MR) is 119 cm³/mol. The van der Waals surface area contributed by atoms with Crippen LogP contribution in [-0.2, 0) is 0 Å². The van der Waals surface area contributed by atoms with Gasteiger partial charge < -0.3 is 23.4 Å². The van der Waals surface area contributed by atoms with E-state index in [4.69, 9.17) is 30.6 Å². The second-order valence-corrected chi connectivity index (χ2v) is 7.09. The number of nitrogens with zero attached hydrogens (tertiary/aromatic N) is 6. The van der Waals surface area contributed by atoms with Crippen molar-refractivity contribution in [3.63, 3.8) is 0 Å². The third-order valence-electron chi connectivity index (χ3n) is 4.26. The summed E-state index contributed by atoms with van der Waals surface area (Å²) in [5, 5.41) is 16.4. The van der Waals surface area contributed by atoms with Crippen molar-refractivity contribution in [3.05, 3.63) is 65.2 Å². The summed E-state index contributed by atoms with van der Waals surface area (Å²) >= 11 is 5.49. The molecule has 0 unspecified atom stereocenters. The maximum absolute atomic E-state index is 13.3. The first-order valence-electron chi connectivity index (χ1n) is 9.62. The molecule has 0 atom stereocenters. The summed E-state index contributed by atoms with van der Waals surface area (Å²) in [5.41, 5.74) is 7.84. The van der Waals surface area contributed by atoms with Crippen molar-refractivity contribution in [2.24, 2.45) is 0 Å². The minimum atomic E-state index is -0.324. The Hall–Kier alpha value is -4.59. The number of rotatable bonds is 2. The highest BCUT2D eigenvalue weighted by atomic mass is 35.5. The average Bonchev–Trinajstić information content (AvgIpc) is 3.60. The molecular formula is C20H15ClF2N8O4. The minimum absolute atomic E-state index is 0.0370. The van der Waals surface area contributed by atoms with Crippen molar-refractivity contribution in [1.29, 1.82) is 0 Å². The number of hydrogen-bond acceptors (Lipinski definition) is 12. The summed E-state index contributed by atoms with van der Waals surface area (Å²) in [5.74, 6) is -0.623. The van der Waals surface area contributed by atoms with Crippen LogP contribution in [0.15, 0.2) is 54.7 Å². The molecule has 6 rings (SSSR count). The van der Waals surface area contributed by atoms with E-state index in [2.05, 4.69) is 40.1 Å². The third-order valence-corrected chi connectivity index (χ3v) is 4.42. The van der Waals surface area contributed by atoms with E-state index in [0.29, 0.717) is 33.3 Å². The van der Waals surface area contributed by atoms with Crippen molar-refractivity contribution >= 4 is 51.8 Å². The predicted octanol–water partition coefficient (Wildman–Crippen LogP) is 4.98. The van der Waals surface area contributed by atoms with Crippen molar-refractivity contribution < 1.29 is 26.4 Å². The first-order valence-corrected chi connectivity index (χ1v) is 10.00. The monoisotopic (exact) mass is 504 g/mol. The summed E-state index contributed by atoms with van der Waals surface area (Å²) in [6, 6.07) is 6.21. The maximum atomic E-state index is 13.3. The Morgan fingerprint density at radius 1 is 0.800 bits per heavy atom. The van der Waals surface area contributed by atoms with Gasteiger partial charge >= 0.3 is 18.0 Å². The van der Waals surface area contributed by atoms with Gasteiger partial charge in [-0.1, -0.05) is 10.2 Å². The molecule has 0 bridgehead atoms. The first-order chi connectivity index (χ1) is 16.8. The molecule has 0 spiro atoms. The number of benzene rings is 2. The molecule has 15 heteroatoms. The van der Waals surface area contributed by atoms with Crippen molar-refractivity contribution in [3.8, 4) is 0 Å². The normalized spacial score (nSPS) is 10.5. The lowest BCUT2D eigenvalue weighted by molar-refractivity contribution is 0.558. The molecule has 0 aliphatic heterocycles. The number of hydrogen-bond donors (Lipinski definition) is 2. The highest BCUT2D eigenvalue weighted by Gasteiger charge is 2.10. The molecule has 6 aromatic rings.